The first-order chi connectivity index (χ1) is 16.3. The fraction of sp³-hybridized carbons (Fsp3) is 0.643. The number of nitrogens with zero attached hydrogens (tertiary/aromatic N) is 2. The van der Waals surface area contributed by atoms with E-state index in [4.69, 9.17) is 4.74 Å². The Kier molecular flexibility index (Phi) is 6.11. The first-order valence-electron chi connectivity index (χ1n) is 13.2. The SMILES string of the molecule is COc1ccc2cc3n(c2c1)CC(C)(C(=O)NC1CCCCC1)N(C1CCCC(C)C1C)C3=O. The Bertz CT molecular complexity index is 1090. The third-order valence-corrected chi connectivity index (χ3v) is 8.97. The van der Waals surface area contributed by atoms with Gasteiger partial charge in [0.15, 0.2) is 0 Å². The molecule has 6 heteroatoms. The topological polar surface area (TPSA) is 63.6 Å². The molecule has 2 fully saturated rings. The number of methoxy groups -OCH3 is 1. The van der Waals surface area contributed by atoms with E-state index < -0.39 is 5.54 Å². The van der Waals surface area contributed by atoms with Crippen molar-refractivity contribution in [2.75, 3.05) is 7.11 Å². The van der Waals surface area contributed by atoms with E-state index in [0.29, 0.717) is 24.1 Å². The number of carbonyl (C=O) groups excluding carboxylic acids is 2. The highest BCUT2D eigenvalue weighted by molar-refractivity contribution is 6.04. The van der Waals surface area contributed by atoms with Crippen LogP contribution >= 0.6 is 0 Å². The molecule has 0 radical (unpaired) electrons. The largest absolute Gasteiger partial charge is 0.497 e. The highest BCUT2D eigenvalue weighted by atomic mass is 16.5. The van der Waals surface area contributed by atoms with Crippen molar-refractivity contribution in [1.82, 2.24) is 14.8 Å². The van der Waals surface area contributed by atoms with Gasteiger partial charge in [0, 0.05) is 23.5 Å². The van der Waals surface area contributed by atoms with Gasteiger partial charge in [-0.3, -0.25) is 9.59 Å². The molecule has 6 nitrogen and oxygen atoms in total. The smallest absolute Gasteiger partial charge is 0.271 e. The highest BCUT2D eigenvalue weighted by Crippen LogP contribution is 2.41. The molecule has 184 valence electrons. The predicted octanol–water partition coefficient (Wildman–Crippen LogP) is 5.14. The maximum absolute atomic E-state index is 14.2. The maximum atomic E-state index is 14.2. The van der Waals surface area contributed by atoms with Gasteiger partial charge in [-0.05, 0) is 56.2 Å². The minimum atomic E-state index is -0.938. The number of hydrogen-bond acceptors (Lipinski definition) is 3. The van der Waals surface area contributed by atoms with Gasteiger partial charge in [-0.15, -0.1) is 0 Å². The molecular weight excluding hydrogens is 426 g/mol. The van der Waals surface area contributed by atoms with E-state index in [-0.39, 0.29) is 23.9 Å². The lowest BCUT2D eigenvalue weighted by atomic mass is 9.75. The molecule has 0 saturated heterocycles. The number of rotatable bonds is 4. The van der Waals surface area contributed by atoms with Gasteiger partial charge in [0.25, 0.3) is 5.91 Å². The van der Waals surface area contributed by atoms with Crippen LogP contribution in [-0.4, -0.2) is 46.0 Å². The van der Waals surface area contributed by atoms with E-state index >= 15 is 0 Å². The molecule has 1 aliphatic heterocycles. The molecule has 5 rings (SSSR count). The number of benzene rings is 1. The van der Waals surface area contributed by atoms with Crippen molar-refractivity contribution in [2.24, 2.45) is 11.8 Å². The van der Waals surface area contributed by atoms with Crippen LogP contribution < -0.4 is 10.1 Å². The Morgan fingerprint density at radius 2 is 1.82 bits per heavy atom. The number of aromatic nitrogens is 1. The van der Waals surface area contributed by atoms with Crippen molar-refractivity contribution in [3.8, 4) is 5.75 Å². The van der Waals surface area contributed by atoms with E-state index in [1.54, 1.807) is 7.11 Å². The summed E-state index contributed by atoms with van der Waals surface area (Å²) in [5, 5.41) is 4.37. The van der Waals surface area contributed by atoms with E-state index in [2.05, 4.69) is 19.2 Å². The zero-order valence-corrected chi connectivity index (χ0v) is 21.1. The summed E-state index contributed by atoms with van der Waals surface area (Å²) in [6.07, 6.45) is 8.86. The fourth-order valence-electron chi connectivity index (χ4n) is 6.64. The zero-order chi connectivity index (χ0) is 24.0. The second-order valence-electron chi connectivity index (χ2n) is 11.1. The molecule has 0 spiro atoms. The molecule has 2 heterocycles. The molecule has 3 aliphatic rings. The third-order valence-electron chi connectivity index (χ3n) is 8.97. The number of nitrogens with one attached hydrogen (secondary N) is 1. The Hall–Kier alpha value is -2.50. The normalized spacial score (nSPS) is 30.3. The molecule has 2 aliphatic carbocycles. The summed E-state index contributed by atoms with van der Waals surface area (Å²) < 4.78 is 7.51. The molecule has 34 heavy (non-hydrogen) atoms. The van der Waals surface area contributed by atoms with Crippen molar-refractivity contribution in [2.45, 2.75) is 96.3 Å². The van der Waals surface area contributed by atoms with Crippen LogP contribution in [-0.2, 0) is 11.3 Å². The number of fused-ring (bicyclic) bond motifs is 3. The summed E-state index contributed by atoms with van der Waals surface area (Å²) in [6.45, 7) is 7.00. The van der Waals surface area contributed by atoms with E-state index in [9.17, 15) is 9.59 Å². The number of ether oxygens (including phenoxy) is 1. The Labute approximate surface area is 203 Å². The van der Waals surface area contributed by atoms with Gasteiger partial charge in [-0.25, -0.2) is 0 Å². The predicted molar refractivity (Wildman–Crippen MR) is 134 cm³/mol. The Morgan fingerprint density at radius 1 is 1.06 bits per heavy atom. The number of amides is 2. The van der Waals surface area contributed by atoms with Crippen molar-refractivity contribution in [1.29, 1.82) is 0 Å². The van der Waals surface area contributed by atoms with E-state index in [1.165, 1.54) is 12.8 Å². The van der Waals surface area contributed by atoms with Crippen LogP contribution in [0, 0.1) is 11.8 Å². The quantitative estimate of drug-likeness (QED) is 0.680. The molecule has 1 N–H and O–H groups in total. The summed E-state index contributed by atoms with van der Waals surface area (Å²) in [5.74, 6) is 1.62. The monoisotopic (exact) mass is 465 g/mol. The van der Waals surface area contributed by atoms with Crippen LogP contribution in [0.3, 0.4) is 0 Å². The van der Waals surface area contributed by atoms with Crippen LogP contribution in [0.25, 0.3) is 10.9 Å². The van der Waals surface area contributed by atoms with Gasteiger partial charge in [0.05, 0.1) is 19.2 Å². The molecule has 2 saturated carbocycles. The minimum Gasteiger partial charge on any atom is -0.497 e. The zero-order valence-electron chi connectivity index (χ0n) is 21.1. The highest BCUT2D eigenvalue weighted by Gasteiger charge is 2.52. The lowest BCUT2D eigenvalue weighted by Gasteiger charge is -2.52. The second kappa shape index (κ2) is 8.94. The lowest BCUT2D eigenvalue weighted by molar-refractivity contribution is -0.136. The fourth-order valence-corrected chi connectivity index (χ4v) is 6.64. The van der Waals surface area contributed by atoms with Gasteiger partial charge < -0.3 is 19.5 Å². The number of hydrogen-bond donors (Lipinski definition) is 1. The average molecular weight is 466 g/mol. The van der Waals surface area contributed by atoms with E-state index in [1.807, 2.05) is 40.7 Å². The summed E-state index contributed by atoms with van der Waals surface area (Å²) in [5.41, 5.74) is 0.688. The second-order valence-corrected chi connectivity index (χ2v) is 11.1. The van der Waals surface area contributed by atoms with Crippen molar-refractivity contribution in [3.05, 3.63) is 30.0 Å². The summed E-state index contributed by atoms with van der Waals surface area (Å²) >= 11 is 0. The van der Waals surface area contributed by atoms with Gasteiger partial charge in [0.2, 0.25) is 5.91 Å². The van der Waals surface area contributed by atoms with Crippen LogP contribution in [0.4, 0.5) is 0 Å². The Balaban J connectivity index is 1.59. The van der Waals surface area contributed by atoms with Gasteiger partial charge in [0.1, 0.15) is 17.0 Å². The summed E-state index contributed by atoms with van der Waals surface area (Å²) in [7, 11) is 1.65. The van der Waals surface area contributed by atoms with Gasteiger partial charge in [-0.2, -0.15) is 0 Å². The third kappa shape index (κ3) is 3.79. The molecule has 0 bridgehead atoms. The summed E-state index contributed by atoms with van der Waals surface area (Å²) in [4.78, 5) is 30.2. The van der Waals surface area contributed by atoms with Crippen LogP contribution in [0.5, 0.6) is 5.75 Å². The average Bonchev–Trinajstić information content (AvgIpc) is 3.20. The van der Waals surface area contributed by atoms with Crippen molar-refractivity contribution >= 4 is 22.7 Å². The molecule has 1 aromatic carbocycles. The van der Waals surface area contributed by atoms with Gasteiger partial charge in [-0.1, -0.05) is 46.0 Å². The van der Waals surface area contributed by atoms with Gasteiger partial charge >= 0.3 is 0 Å². The van der Waals surface area contributed by atoms with Crippen LogP contribution in [0.1, 0.15) is 82.6 Å². The Morgan fingerprint density at radius 3 is 2.56 bits per heavy atom. The summed E-state index contributed by atoms with van der Waals surface area (Å²) in [6, 6.07) is 8.17. The first kappa shape index (κ1) is 23.3. The number of carbonyl (C=O) groups is 2. The molecule has 4 atom stereocenters. The molecule has 1 aromatic heterocycles. The first-order valence-corrected chi connectivity index (χ1v) is 13.2. The lowest BCUT2D eigenvalue weighted by Crippen LogP contribution is -2.68. The molecule has 2 aromatic rings. The standard InChI is InChI=1S/C28H39N3O3/c1-18-9-8-12-23(19(18)2)31-26(32)25-15-20-13-14-22(34-4)16-24(20)30(25)17-28(31,3)27(33)29-21-10-6-5-7-11-21/h13-16,18-19,21,23H,5-12,17H2,1-4H3,(H,29,33). The molecular formula is C28H39N3O3. The van der Waals surface area contributed by atoms with Crippen molar-refractivity contribution < 1.29 is 14.3 Å². The minimum absolute atomic E-state index is 0.00595. The van der Waals surface area contributed by atoms with E-state index in [0.717, 1.165) is 55.2 Å². The molecule has 4 unspecified atom stereocenters. The molecule has 2 amide bonds. The van der Waals surface area contributed by atoms with Crippen LogP contribution in [0.2, 0.25) is 0 Å². The maximum Gasteiger partial charge on any atom is 0.271 e. The van der Waals surface area contributed by atoms with Crippen molar-refractivity contribution in [3.63, 3.8) is 0 Å². The van der Waals surface area contributed by atoms with Crippen LogP contribution in [0.15, 0.2) is 24.3 Å².